The van der Waals surface area contributed by atoms with Crippen LogP contribution in [0.5, 0.6) is 0 Å². The van der Waals surface area contributed by atoms with Crippen molar-refractivity contribution in [3.05, 3.63) is 36.4 Å². The van der Waals surface area contributed by atoms with Gasteiger partial charge in [-0.05, 0) is 35.4 Å². The van der Waals surface area contributed by atoms with Crippen molar-refractivity contribution in [1.29, 1.82) is 0 Å². The molecule has 0 bridgehead atoms. The van der Waals surface area contributed by atoms with Gasteiger partial charge >= 0.3 is 0 Å². The normalized spacial score (nSPS) is 7.81. The van der Waals surface area contributed by atoms with Crippen LogP contribution in [0.25, 0.3) is 11.1 Å². The van der Waals surface area contributed by atoms with Gasteiger partial charge in [-0.1, -0.05) is 12.1 Å². The Balaban J connectivity index is -0.000000289. The van der Waals surface area contributed by atoms with E-state index in [1.165, 1.54) is 0 Å². The maximum absolute atomic E-state index is 5.74. The van der Waals surface area contributed by atoms with Gasteiger partial charge in [0.15, 0.2) is 0 Å². The summed E-state index contributed by atoms with van der Waals surface area (Å²) in [5, 5.41) is 0. The van der Waals surface area contributed by atoms with E-state index in [0.29, 0.717) is 22.7 Å². The first-order valence-electron chi connectivity index (χ1n) is 4.88. The first-order chi connectivity index (χ1) is 7.58. The van der Waals surface area contributed by atoms with Crippen molar-refractivity contribution in [1.82, 2.24) is 0 Å². The summed E-state index contributed by atoms with van der Waals surface area (Å²) < 4.78 is 0. The van der Waals surface area contributed by atoms with E-state index in [2.05, 4.69) is 0 Å². The van der Waals surface area contributed by atoms with Crippen LogP contribution in [0.15, 0.2) is 36.4 Å². The van der Waals surface area contributed by atoms with Gasteiger partial charge in [-0.2, -0.15) is 0 Å². The topological polar surface area (TPSA) is 136 Å². The summed E-state index contributed by atoms with van der Waals surface area (Å²) in [5.74, 6) is 0. The highest BCUT2D eigenvalue weighted by atomic mass is 35.5. The Bertz CT molecular complexity index is 505. The maximum Gasteiger partial charge on any atom is 0.0554 e. The molecule has 9 heteroatoms. The summed E-state index contributed by atoms with van der Waals surface area (Å²) in [7, 11) is 0. The van der Waals surface area contributed by atoms with E-state index in [1.807, 2.05) is 24.3 Å². The average Bonchev–Trinajstić information content (AvgIpc) is 2.26. The van der Waals surface area contributed by atoms with Crippen molar-refractivity contribution in [3.63, 3.8) is 0 Å². The van der Waals surface area contributed by atoms with Crippen LogP contribution in [-0.2, 0) is 0 Å². The number of halogens is 4. The largest absolute Gasteiger partial charge is 0.412 e. The third kappa shape index (κ3) is 6.37. The van der Waals surface area contributed by atoms with Crippen molar-refractivity contribution in [2.45, 2.75) is 0 Å². The average molecular weight is 378 g/mol. The molecule has 0 spiro atoms. The molecule has 0 radical (unpaired) electrons. The molecule has 0 aliphatic heterocycles. The van der Waals surface area contributed by atoms with Gasteiger partial charge in [0.25, 0.3) is 0 Å². The SMILES string of the molecule is Cl.Cl.Cl.Cl.Nc1ccc(-c2ccc(N)c(N)c2)cc1N.O. The van der Waals surface area contributed by atoms with Gasteiger partial charge in [0, 0.05) is 0 Å². The lowest BCUT2D eigenvalue weighted by Gasteiger charge is -2.07. The second kappa shape index (κ2) is 11.4. The second-order valence-electron chi connectivity index (χ2n) is 3.69. The summed E-state index contributed by atoms with van der Waals surface area (Å²) in [6.07, 6.45) is 0. The predicted molar refractivity (Wildman–Crippen MR) is 102 cm³/mol. The lowest BCUT2D eigenvalue weighted by molar-refractivity contribution is 0.824. The van der Waals surface area contributed by atoms with E-state index in [9.17, 15) is 0 Å². The highest BCUT2D eigenvalue weighted by molar-refractivity contribution is 5.86. The van der Waals surface area contributed by atoms with Crippen LogP contribution in [-0.4, -0.2) is 5.48 Å². The Hall–Kier alpha value is -1.24. The summed E-state index contributed by atoms with van der Waals surface area (Å²) in [6, 6.07) is 11.0. The number of hydrogen-bond donors (Lipinski definition) is 4. The Morgan fingerprint density at radius 3 is 1.00 bits per heavy atom. The summed E-state index contributed by atoms with van der Waals surface area (Å²) in [5.41, 5.74) is 27.0. The van der Waals surface area contributed by atoms with Crippen LogP contribution >= 0.6 is 49.6 Å². The fraction of sp³-hybridized carbons (Fsp3) is 0. The quantitative estimate of drug-likeness (QED) is 0.567. The summed E-state index contributed by atoms with van der Waals surface area (Å²) >= 11 is 0. The molecule has 2 rings (SSSR count). The zero-order valence-corrected chi connectivity index (χ0v) is 14.2. The number of benzene rings is 2. The van der Waals surface area contributed by atoms with E-state index in [4.69, 9.17) is 22.9 Å². The van der Waals surface area contributed by atoms with E-state index < -0.39 is 0 Å². The molecule has 0 heterocycles. The van der Waals surface area contributed by atoms with E-state index in [0.717, 1.165) is 11.1 Å². The number of nitrogens with two attached hydrogens (primary N) is 4. The van der Waals surface area contributed by atoms with Crippen LogP contribution in [0.4, 0.5) is 22.7 Å². The van der Waals surface area contributed by atoms with Crippen molar-refractivity contribution < 1.29 is 5.48 Å². The van der Waals surface area contributed by atoms with Crippen LogP contribution < -0.4 is 22.9 Å². The van der Waals surface area contributed by atoms with Gasteiger partial charge in [-0.3, -0.25) is 0 Å². The standard InChI is InChI=1S/C12H14N4.4ClH.H2O/c13-9-3-1-7(5-11(9)15)8-2-4-10(14)12(16)6-8;;;;;/h1-6H,13-16H2;4*1H;1H2. The van der Waals surface area contributed by atoms with Crippen LogP contribution in [0.1, 0.15) is 0 Å². The predicted octanol–water partition coefficient (Wildman–Crippen LogP) is 2.54. The van der Waals surface area contributed by atoms with E-state index in [-0.39, 0.29) is 55.1 Å². The van der Waals surface area contributed by atoms with Crippen molar-refractivity contribution in [2.75, 3.05) is 22.9 Å². The minimum atomic E-state index is 0. The van der Waals surface area contributed by atoms with Crippen molar-refractivity contribution >= 4 is 72.4 Å². The molecule has 122 valence electrons. The maximum atomic E-state index is 5.74. The fourth-order valence-corrected chi connectivity index (χ4v) is 1.51. The third-order valence-corrected chi connectivity index (χ3v) is 2.51. The molecule has 2 aromatic rings. The molecule has 0 aromatic heterocycles. The molecule has 0 aliphatic rings. The second-order valence-corrected chi connectivity index (χ2v) is 3.69. The molecular weight excluding hydrogens is 358 g/mol. The molecule has 0 saturated carbocycles. The molecule has 10 N–H and O–H groups in total. The zero-order chi connectivity index (χ0) is 11.7. The molecule has 5 nitrogen and oxygen atoms in total. The van der Waals surface area contributed by atoms with Crippen LogP contribution in [0, 0.1) is 0 Å². The zero-order valence-electron chi connectivity index (χ0n) is 10.9. The Morgan fingerprint density at radius 2 is 0.762 bits per heavy atom. The van der Waals surface area contributed by atoms with Gasteiger partial charge < -0.3 is 28.4 Å². The Kier molecular flexibility index (Phi) is 15.2. The molecule has 2 aromatic carbocycles. The minimum Gasteiger partial charge on any atom is -0.412 e. The first-order valence-corrected chi connectivity index (χ1v) is 4.88. The molecule has 0 unspecified atom stereocenters. The molecule has 0 saturated heterocycles. The van der Waals surface area contributed by atoms with Crippen LogP contribution in [0.3, 0.4) is 0 Å². The van der Waals surface area contributed by atoms with Gasteiger partial charge in [0.1, 0.15) is 0 Å². The van der Waals surface area contributed by atoms with Gasteiger partial charge in [-0.25, -0.2) is 0 Å². The minimum absolute atomic E-state index is 0. The number of nitrogen functional groups attached to an aromatic ring is 4. The molecule has 0 amide bonds. The molecular formula is C12H20Cl4N4O. The highest BCUT2D eigenvalue weighted by Crippen LogP contribution is 2.28. The number of hydrogen-bond acceptors (Lipinski definition) is 4. The molecule has 0 atom stereocenters. The van der Waals surface area contributed by atoms with Crippen molar-refractivity contribution in [2.24, 2.45) is 0 Å². The molecule has 21 heavy (non-hydrogen) atoms. The smallest absolute Gasteiger partial charge is 0.0554 e. The fourth-order valence-electron chi connectivity index (χ4n) is 1.51. The van der Waals surface area contributed by atoms with Gasteiger partial charge in [0.2, 0.25) is 0 Å². The summed E-state index contributed by atoms with van der Waals surface area (Å²) in [4.78, 5) is 0. The molecule has 0 aliphatic carbocycles. The highest BCUT2D eigenvalue weighted by Gasteiger charge is 2.02. The lowest BCUT2D eigenvalue weighted by Crippen LogP contribution is -1.96. The van der Waals surface area contributed by atoms with E-state index >= 15 is 0 Å². The number of rotatable bonds is 1. The third-order valence-electron chi connectivity index (χ3n) is 2.51. The van der Waals surface area contributed by atoms with Gasteiger partial charge in [0.05, 0.1) is 22.7 Å². The Morgan fingerprint density at radius 1 is 0.476 bits per heavy atom. The van der Waals surface area contributed by atoms with E-state index in [1.54, 1.807) is 12.1 Å². The van der Waals surface area contributed by atoms with Gasteiger partial charge in [-0.15, -0.1) is 49.6 Å². The Labute approximate surface area is 148 Å². The molecule has 0 fully saturated rings. The lowest BCUT2D eigenvalue weighted by atomic mass is 10.0. The van der Waals surface area contributed by atoms with Crippen molar-refractivity contribution in [3.8, 4) is 11.1 Å². The monoisotopic (exact) mass is 376 g/mol. The number of anilines is 4. The first kappa shape index (κ1) is 28.0. The summed E-state index contributed by atoms with van der Waals surface area (Å²) in [6.45, 7) is 0. The van der Waals surface area contributed by atoms with Crippen LogP contribution in [0.2, 0.25) is 0 Å².